The van der Waals surface area contributed by atoms with E-state index in [1.54, 1.807) is 0 Å². The van der Waals surface area contributed by atoms with Gasteiger partial charge in [-0.25, -0.2) is 13.1 Å². The number of ether oxygens (including phenoxy) is 1. The first-order valence-corrected chi connectivity index (χ1v) is 7.77. The topological polar surface area (TPSA) is 97.6 Å². The lowest BCUT2D eigenvalue weighted by Crippen LogP contribution is -2.51. The van der Waals surface area contributed by atoms with E-state index in [-0.39, 0.29) is 16.6 Å². The van der Waals surface area contributed by atoms with Crippen molar-refractivity contribution in [2.75, 3.05) is 20.3 Å². The van der Waals surface area contributed by atoms with Crippen molar-refractivity contribution >= 4 is 15.9 Å². The molecule has 0 aliphatic carbocycles. The summed E-state index contributed by atoms with van der Waals surface area (Å²) in [6, 6.07) is 1.20. The van der Waals surface area contributed by atoms with E-state index in [2.05, 4.69) is 10.0 Å². The Morgan fingerprint density at radius 3 is 2.80 bits per heavy atom. The first-order chi connectivity index (χ1) is 9.36. The maximum Gasteiger partial charge on any atom is 0.273 e. The van der Waals surface area contributed by atoms with E-state index in [0.717, 1.165) is 19.1 Å². The smallest absolute Gasteiger partial charge is 0.273 e. The van der Waals surface area contributed by atoms with Crippen molar-refractivity contribution < 1.29 is 22.4 Å². The number of furan rings is 1. The maximum absolute atomic E-state index is 12.1. The average Bonchev–Trinajstić information content (AvgIpc) is 2.89. The summed E-state index contributed by atoms with van der Waals surface area (Å²) in [5.41, 5.74) is -0.264. The summed E-state index contributed by atoms with van der Waals surface area (Å²) in [7, 11) is -2.40. The van der Waals surface area contributed by atoms with Gasteiger partial charge in [-0.2, -0.15) is 0 Å². The van der Waals surface area contributed by atoms with E-state index in [0.29, 0.717) is 13.2 Å². The van der Waals surface area contributed by atoms with Crippen LogP contribution >= 0.6 is 0 Å². The first-order valence-electron chi connectivity index (χ1n) is 6.29. The van der Waals surface area contributed by atoms with Crippen LogP contribution in [0.2, 0.25) is 0 Å². The summed E-state index contributed by atoms with van der Waals surface area (Å²) in [5.74, 6) is -0.376. The maximum atomic E-state index is 12.1. The molecule has 20 heavy (non-hydrogen) atoms. The quantitative estimate of drug-likeness (QED) is 0.843. The molecule has 8 heteroatoms. The van der Waals surface area contributed by atoms with Gasteiger partial charge in [0, 0.05) is 12.7 Å². The van der Waals surface area contributed by atoms with Crippen LogP contribution in [0.5, 0.6) is 0 Å². The van der Waals surface area contributed by atoms with E-state index in [4.69, 9.17) is 9.15 Å². The van der Waals surface area contributed by atoms with E-state index in [1.807, 2.05) is 6.92 Å². The van der Waals surface area contributed by atoms with E-state index < -0.39 is 15.6 Å². The van der Waals surface area contributed by atoms with Crippen LogP contribution in [0.15, 0.2) is 21.8 Å². The molecule has 0 radical (unpaired) electrons. The predicted octanol–water partition coefficient (Wildman–Crippen LogP) is 0.487. The summed E-state index contributed by atoms with van der Waals surface area (Å²) >= 11 is 0. The number of rotatable bonds is 4. The Morgan fingerprint density at radius 2 is 2.20 bits per heavy atom. The van der Waals surface area contributed by atoms with Gasteiger partial charge in [0.05, 0.1) is 17.7 Å². The lowest BCUT2D eigenvalue weighted by Gasteiger charge is -2.34. The van der Waals surface area contributed by atoms with Gasteiger partial charge in [0.15, 0.2) is 0 Å². The zero-order valence-electron chi connectivity index (χ0n) is 11.4. The first kappa shape index (κ1) is 15.0. The van der Waals surface area contributed by atoms with Gasteiger partial charge in [0.25, 0.3) is 15.9 Å². The van der Waals surface area contributed by atoms with E-state index in [9.17, 15) is 13.2 Å². The zero-order chi connectivity index (χ0) is 14.8. The van der Waals surface area contributed by atoms with Crippen molar-refractivity contribution in [2.24, 2.45) is 0 Å². The molecule has 0 saturated carbocycles. The van der Waals surface area contributed by atoms with Crippen LogP contribution in [0.1, 0.15) is 30.1 Å². The van der Waals surface area contributed by atoms with Crippen molar-refractivity contribution in [1.29, 1.82) is 0 Å². The highest BCUT2D eigenvalue weighted by Crippen LogP contribution is 2.20. The van der Waals surface area contributed by atoms with Crippen LogP contribution in [-0.2, 0) is 14.8 Å². The fraction of sp³-hybridized carbons (Fsp3) is 0.583. The largest absolute Gasteiger partial charge is 0.451 e. The Morgan fingerprint density at radius 1 is 1.45 bits per heavy atom. The minimum atomic E-state index is -3.68. The lowest BCUT2D eigenvalue weighted by atomic mass is 9.94. The molecule has 0 aromatic carbocycles. The van der Waals surface area contributed by atoms with Crippen molar-refractivity contribution in [1.82, 2.24) is 10.0 Å². The predicted molar refractivity (Wildman–Crippen MR) is 70.9 cm³/mol. The van der Waals surface area contributed by atoms with Crippen LogP contribution in [0.3, 0.4) is 0 Å². The third-order valence-electron chi connectivity index (χ3n) is 3.22. The lowest BCUT2D eigenvalue weighted by molar-refractivity contribution is 0.0272. The van der Waals surface area contributed by atoms with Gasteiger partial charge in [0.1, 0.15) is 6.26 Å². The minimum absolute atomic E-state index is 0.172. The summed E-state index contributed by atoms with van der Waals surface area (Å²) in [4.78, 5) is 12.1. The molecule has 1 fully saturated rings. The number of hydrogen-bond donors (Lipinski definition) is 2. The van der Waals surface area contributed by atoms with Crippen molar-refractivity contribution in [3.05, 3.63) is 17.9 Å². The normalized spacial score (nSPS) is 23.5. The van der Waals surface area contributed by atoms with E-state index in [1.165, 1.54) is 13.1 Å². The third kappa shape index (κ3) is 3.20. The molecule has 0 bridgehead atoms. The van der Waals surface area contributed by atoms with Crippen LogP contribution < -0.4 is 10.0 Å². The molecule has 1 atom stereocenters. The molecule has 0 spiro atoms. The van der Waals surface area contributed by atoms with Crippen LogP contribution in [0, 0.1) is 0 Å². The van der Waals surface area contributed by atoms with Crippen molar-refractivity contribution in [3.63, 3.8) is 0 Å². The molecule has 112 valence electrons. The number of carbonyl (C=O) groups is 1. The van der Waals surface area contributed by atoms with Gasteiger partial charge >= 0.3 is 0 Å². The SMILES string of the molecule is CNS(=O)(=O)c1cc(C(=O)NC2(C)CCCOC2)co1. The third-order valence-corrected chi connectivity index (χ3v) is 4.51. The van der Waals surface area contributed by atoms with Gasteiger partial charge in [-0.05, 0) is 26.8 Å². The summed E-state index contributed by atoms with van der Waals surface area (Å²) in [6.45, 7) is 3.04. The standard InChI is InChI=1S/C12H18N2O5S/c1-12(4-3-5-18-8-12)14-11(15)9-6-10(19-7-9)20(16,17)13-2/h6-7,13H,3-5,8H2,1-2H3,(H,14,15). The monoisotopic (exact) mass is 302 g/mol. The molecular formula is C12H18N2O5S. The molecule has 7 nitrogen and oxygen atoms in total. The molecular weight excluding hydrogens is 284 g/mol. The molecule has 1 aromatic heterocycles. The Bertz CT molecular complexity index is 587. The van der Waals surface area contributed by atoms with Gasteiger partial charge in [-0.3, -0.25) is 4.79 Å². The molecule has 1 saturated heterocycles. The molecule has 1 unspecified atom stereocenters. The second-order valence-corrected chi connectivity index (χ2v) is 6.85. The summed E-state index contributed by atoms with van der Waals surface area (Å²) in [5, 5.41) is 2.57. The molecule has 1 amide bonds. The zero-order valence-corrected chi connectivity index (χ0v) is 12.2. The Hall–Kier alpha value is -1.38. The molecule has 2 heterocycles. The minimum Gasteiger partial charge on any atom is -0.451 e. The molecule has 1 aromatic rings. The molecule has 1 aliphatic heterocycles. The molecule has 2 rings (SSSR count). The Kier molecular flexibility index (Phi) is 4.17. The summed E-state index contributed by atoms with van der Waals surface area (Å²) in [6.07, 6.45) is 2.83. The van der Waals surface area contributed by atoms with E-state index >= 15 is 0 Å². The molecule has 2 N–H and O–H groups in total. The number of hydrogen-bond acceptors (Lipinski definition) is 5. The second-order valence-electron chi connectivity index (χ2n) is 5.03. The fourth-order valence-electron chi connectivity index (χ4n) is 2.06. The van der Waals surface area contributed by atoms with Gasteiger partial charge in [-0.15, -0.1) is 0 Å². The van der Waals surface area contributed by atoms with Crippen LogP contribution in [-0.4, -0.2) is 40.1 Å². The van der Waals surface area contributed by atoms with Crippen LogP contribution in [0.25, 0.3) is 0 Å². The summed E-state index contributed by atoms with van der Waals surface area (Å²) < 4.78 is 35.5. The molecule has 1 aliphatic rings. The number of amides is 1. The highest BCUT2D eigenvalue weighted by molar-refractivity contribution is 7.89. The van der Waals surface area contributed by atoms with Gasteiger partial charge in [0.2, 0.25) is 5.09 Å². The van der Waals surface area contributed by atoms with Gasteiger partial charge < -0.3 is 14.5 Å². The second kappa shape index (κ2) is 5.55. The van der Waals surface area contributed by atoms with Gasteiger partial charge in [-0.1, -0.05) is 0 Å². The van der Waals surface area contributed by atoms with Crippen molar-refractivity contribution in [2.45, 2.75) is 30.4 Å². The highest BCUT2D eigenvalue weighted by Gasteiger charge is 2.30. The average molecular weight is 302 g/mol. The number of sulfonamides is 1. The highest BCUT2D eigenvalue weighted by atomic mass is 32.2. The Balaban J connectivity index is 2.10. The van der Waals surface area contributed by atoms with Crippen LogP contribution in [0.4, 0.5) is 0 Å². The number of carbonyl (C=O) groups excluding carboxylic acids is 1. The van der Waals surface area contributed by atoms with Crippen molar-refractivity contribution in [3.8, 4) is 0 Å². The Labute approximate surface area is 117 Å². The number of nitrogens with one attached hydrogen (secondary N) is 2. The fourth-order valence-corrected chi connectivity index (χ4v) is 2.71.